The van der Waals surface area contributed by atoms with Crippen molar-refractivity contribution < 1.29 is 35.1 Å². The number of phenols is 5. The summed E-state index contributed by atoms with van der Waals surface area (Å²) in [7, 11) is 1.37. The van der Waals surface area contributed by atoms with Gasteiger partial charge in [-0.05, 0) is 58.5 Å². The molecule has 0 heterocycles. The maximum atomic E-state index is 13.8. The van der Waals surface area contributed by atoms with Gasteiger partial charge in [0.05, 0.1) is 7.11 Å². The lowest BCUT2D eigenvalue weighted by atomic mass is 9.88. The third kappa shape index (κ3) is 6.47. The van der Waals surface area contributed by atoms with Crippen LogP contribution in [0, 0.1) is 0 Å². The number of aromatic hydroxyl groups is 5. The number of ether oxygens (including phenoxy) is 1. The highest BCUT2D eigenvalue weighted by Crippen LogP contribution is 2.46. The quantitative estimate of drug-likeness (QED) is 0.107. The summed E-state index contributed by atoms with van der Waals surface area (Å²) in [6, 6.07) is 27.9. The number of phenolic OH excluding ortho intramolecular Hbond substituents is 5. The fraction of sp³-hybridized carbons (Fsp3) is 0.162. The van der Waals surface area contributed by atoms with Gasteiger partial charge in [0, 0.05) is 36.8 Å². The third-order valence-electron chi connectivity index (χ3n) is 7.85. The van der Waals surface area contributed by atoms with Gasteiger partial charge in [-0.2, -0.15) is 0 Å². The van der Waals surface area contributed by atoms with Crippen LogP contribution in [-0.4, -0.2) is 38.4 Å². The molecule has 5 N–H and O–H groups in total. The van der Waals surface area contributed by atoms with Crippen molar-refractivity contribution in [2.24, 2.45) is 0 Å². The average molecular weight is 591 g/mol. The highest BCUT2D eigenvalue weighted by molar-refractivity contribution is 6.03. The van der Waals surface area contributed by atoms with Crippen LogP contribution >= 0.6 is 0 Å². The van der Waals surface area contributed by atoms with E-state index in [4.69, 9.17) is 4.74 Å². The Bertz CT molecular complexity index is 1790. The van der Waals surface area contributed by atoms with Crippen LogP contribution < -0.4 is 4.74 Å². The lowest BCUT2D eigenvalue weighted by Crippen LogP contribution is -2.10. The summed E-state index contributed by atoms with van der Waals surface area (Å²) in [6.45, 7) is 0. The normalized spacial score (nSPS) is 10.9. The number of hydrogen-bond donors (Lipinski definition) is 5. The van der Waals surface area contributed by atoms with E-state index in [1.54, 1.807) is 42.5 Å². The smallest absolute Gasteiger partial charge is 0.170 e. The first-order chi connectivity index (χ1) is 21.3. The van der Waals surface area contributed by atoms with Gasteiger partial charge in [0.25, 0.3) is 0 Å². The van der Waals surface area contributed by atoms with Crippen LogP contribution in [0.4, 0.5) is 0 Å². The van der Waals surface area contributed by atoms with Crippen LogP contribution in [0.2, 0.25) is 0 Å². The third-order valence-corrected chi connectivity index (χ3v) is 7.85. The molecule has 0 aliphatic carbocycles. The van der Waals surface area contributed by atoms with Crippen molar-refractivity contribution in [1.82, 2.24) is 0 Å². The molecule has 0 fully saturated rings. The van der Waals surface area contributed by atoms with Crippen LogP contribution in [0.25, 0.3) is 0 Å². The standard InChI is InChI=1S/C37H34O7/c1-44-37-30(21-26-12-6-8-14-32(26)40)35(42)29(36(43)34(37)33(41)18-15-23-9-3-2-4-10-23)22-27-20-28(38)17-16-24(27)19-25-11-5-7-13-31(25)39/h2-14,16-17,20,38-40,42-43H,15,18-19,21-22H2,1H3. The Kier molecular flexibility index (Phi) is 9.05. The Morgan fingerprint density at radius 1 is 0.614 bits per heavy atom. The zero-order valence-corrected chi connectivity index (χ0v) is 24.3. The number of benzene rings is 5. The number of hydrogen-bond acceptors (Lipinski definition) is 7. The van der Waals surface area contributed by atoms with Gasteiger partial charge in [0.2, 0.25) is 0 Å². The van der Waals surface area contributed by atoms with E-state index in [2.05, 4.69) is 0 Å². The highest BCUT2D eigenvalue weighted by atomic mass is 16.5. The molecule has 0 saturated heterocycles. The SMILES string of the molecule is COc1c(Cc2ccccc2O)c(O)c(Cc2cc(O)ccc2Cc2ccccc2O)c(O)c1C(=O)CCc1ccccc1. The number of carbonyl (C=O) groups is 1. The second-order valence-corrected chi connectivity index (χ2v) is 10.7. The largest absolute Gasteiger partial charge is 0.508 e. The van der Waals surface area contributed by atoms with Crippen LogP contribution in [0.15, 0.2) is 97.1 Å². The van der Waals surface area contributed by atoms with Gasteiger partial charge in [-0.3, -0.25) is 4.79 Å². The van der Waals surface area contributed by atoms with E-state index in [0.717, 1.165) is 11.1 Å². The van der Waals surface area contributed by atoms with E-state index in [-0.39, 0.29) is 70.5 Å². The molecule has 5 aromatic rings. The molecule has 0 aliphatic heterocycles. The Morgan fingerprint density at radius 2 is 1.20 bits per heavy atom. The first-order valence-corrected chi connectivity index (χ1v) is 14.3. The van der Waals surface area contributed by atoms with Gasteiger partial charge < -0.3 is 30.3 Å². The van der Waals surface area contributed by atoms with Gasteiger partial charge in [0.15, 0.2) is 5.78 Å². The van der Waals surface area contributed by atoms with Crippen molar-refractivity contribution in [1.29, 1.82) is 0 Å². The Morgan fingerprint density at radius 3 is 1.84 bits per heavy atom. The lowest BCUT2D eigenvalue weighted by molar-refractivity contribution is 0.0976. The molecule has 0 unspecified atom stereocenters. The molecule has 0 radical (unpaired) electrons. The number of Topliss-reactive ketones (excluding diaryl/α,β-unsaturated/α-hetero) is 1. The molecule has 0 atom stereocenters. The second-order valence-electron chi connectivity index (χ2n) is 10.7. The van der Waals surface area contributed by atoms with Gasteiger partial charge in [-0.25, -0.2) is 0 Å². The van der Waals surface area contributed by atoms with Crippen molar-refractivity contribution in [3.05, 3.63) is 142 Å². The van der Waals surface area contributed by atoms with E-state index in [1.807, 2.05) is 36.4 Å². The molecule has 5 aromatic carbocycles. The molecule has 0 saturated carbocycles. The van der Waals surface area contributed by atoms with Gasteiger partial charge >= 0.3 is 0 Å². The molecule has 0 aliphatic rings. The van der Waals surface area contributed by atoms with Gasteiger partial charge in [-0.1, -0.05) is 72.8 Å². The maximum absolute atomic E-state index is 13.8. The molecule has 7 heteroatoms. The minimum atomic E-state index is -0.407. The fourth-order valence-electron chi connectivity index (χ4n) is 5.51. The number of methoxy groups -OCH3 is 1. The summed E-state index contributed by atoms with van der Waals surface area (Å²) < 4.78 is 5.67. The molecule has 0 bridgehead atoms. The zero-order valence-electron chi connectivity index (χ0n) is 24.3. The predicted octanol–water partition coefficient (Wildman–Crippen LogP) is 6.81. The van der Waals surface area contributed by atoms with Crippen LogP contribution in [0.5, 0.6) is 34.5 Å². The Hall–Kier alpha value is -5.43. The molecular weight excluding hydrogens is 556 g/mol. The Labute approximate surface area is 255 Å². The average Bonchev–Trinajstić information content (AvgIpc) is 3.02. The number of rotatable bonds is 11. The topological polar surface area (TPSA) is 127 Å². The summed E-state index contributed by atoms with van der Waals surface area (Å²) in [4.78, 5) is 13.8. The van der Waals surface area contributed by atoms with Crippen molar-refractivity contribution in [2.75, 3.05) is 7.11 Å². The number of para-hydroxylation sites is 2. The monoisotopic (exact) mass is 590 g/mol. The molecule has 0 aromatic heterocycles. The summed E-state index contributed by atoms with van der Waals surface area (Å²) >= 11 is 0. The molecule has 7 nitrogen and oxygen atoms in total. The minimum absolute atomic E-state index is 0.0119. The van der Waals surface area contributed by atoms with Gasteiger partial charge in [0.1, 0.15) is 40.1 Å². The molecule has 5 rings (SSSR count). The number of aryl methyl sites for hydroxylation is 1. The number of carbonyl (C=O) groups excluding carboxylic acids is 1. The van der Waals surface area contributed by atoms with Crippen LogP contribution in [0.3, 0.4) is 0 Å². The molecular formula is C37H34O7. The van der Waals surface area contributed by atoms with Crippen LogP contribution in [0.1, 0.15) is 55.7 Å². The minimum Gasteiger partial charge on any atom is -0.508 e. The molecule has 44 heavy (non-hydrogen) atoms. The van der Waals surface area contributed by atoms with E-state index in [0.29, 0.717) is 29.5 Å². The molecule has 224 valence electrons. The summed E-state index contributed by atoms with van der Waals surface area (Å²) in [5.74, 6) is -0.892. The first-order valence-electron chi connectivity index (χ1n) is 14.3. The maximum Gasteiger partial charge on any atom is 0.170 e. The van der Waals surface area contributed by atoms with Crippen molar-refractivity contribution in [3.8, 4) is 34.5 Å². The molecule has 0 spiro atoms. The molecule has 0 amide bonds. The Balaban J connectivity index is 1.63. The second kappa shape index (κ2) is 13.3. The lowest BCUT2D eigenvalue weighted by Gasteiger charge is -2.21. The van der Waals surface area contributed by atoms with E-state index < -0.39 is 5.75 Å². The summed E-state index contributed by atoms with van der Waals surface area (Å²) in [5.41, 5.74) is 3.73. The summed E-state index contributed by atoms with van der Waals surface area (Å²) in [5, 5.41) is 54.6. The highest BCUT2D eigenvalue weighted by Gasteiger charge is 2.29. The summed E-state index contributed by atoms with van der Waals surface area (Å²) in [6.07, 6.45) is 0.835. The van der Waals surface area contributed by atoms with Crippen LogP contribution in [-0.2, 0) is 25.7 Å². The predicted molar refractivity (Wildman–Crippen MR) is 168 cm³/mol. The van der Waals surface area contributed by atoms with Gasteiger partial charge in [-0.15, -0.1) is 0 Å². The van der Waals surface area contributed by atoms with Crippen molar-refractivity contribution in [2.45, 2.75) is 32.1 Å². The fourth-order valence-corrected chi connectivity index (χ4v) is 5.51. The van der Waals surface area contributed by atoms with E-state index in [9.17, 15) is 30.3 Å². The van der Waals surface area contributed by atoms with Crippen molar-refractivity contribution in [3.63, 3.8) is 0 Å². The first kappa shape index (κ1) is 30.0. The van der Waals surface area contributed by atoms with Crippen molar-refractivity contribution >= 4 is 5.78 Å². The zero-order chi connectivity index (χ0) is 31.2. The van der Waals surface area contributed by atoms with E-state index >= 15 is 0 Å². The number of ketones is 1. The van der Waals surface area contributed by atoms with E-state index in [1.165, 1.54) is 25.3 Å².